The topological polar surface area (TPSA) is 12.0 Å². The van der Waals surface area contributed by atoms with E-state index in [1.54, 1.807) is 0 Å². The summed E-state index contributed by atoms with van der Waals surface area (Å²) in [7, 11) is 0. The van der Waals surface area contributed by atoms with Crippen LogP contribution in [0.2, 0.25) is 0 Å². The third-order valence-electron chi connectivity index (χ3n) is 4.05. The van der Waals surface area contributed by atoms with Gasteiger partial charge in [-0.25, -0.2) is 0 Å². The highest BCUT2D eigenvalue weighted by Crippen LogP contribution is 2.27. The van der Waals surface area contributed by atoms with Gasteiger partial charge in [0.15, 0.2) is 0 Å². The Morgan fingerprint density at radius 3 is 2.47 bits per heavy atom. The average Bonchev–Trinajstić information content (AvgIpc) is 2.25. The Hall–Kier alpha value is -0.0400. The lowest BCUT2D eigenvalue weighted by atomic mass is 9.83. The van der Waals surface area contributed by atoms with Gasteiger partial charge in [0.1, 0.15) is 0 Å². The summed E-state index contributed by atoms with van der Waals surface area (Å²) in [5, 5.41) is 3.87. The molecule has 1 nitrogen and oxygen atoms in total. The largest absolute Gasteiger partial charge is 0.311 e. The van der Waals surface area contributed by atoms with Gasteiger partial charge in [-0.3, -0.25) is 0 Å². The van der Waals surface area contributed by atoms with Crippen molar-refractivity contribution in [2.75, 3.05) is 0 Å². The third-order valence-corrected chi connectivity index (χ3v) is 4.05. The lowest BCUT2D eigenvalue weighted by Gasteiger charge is -2.33. The average molecular weight is 211 g/mol. The predicted octanol–water partition coefficient (Wildman–Crippen LogP) is 3.98. The van der Waals surface area contributed by atoms with Gasteiger partial charge in [-0.2, -0.15) is 0 Å². The molecule has 1 aliphatic rings. The fourth-order valence-corrected chi connectivity index (χ4v) is 2.90. The Labute approximate surface area is 96.0 Å². The Kier molecular flexibility index (Phi) is 5.66. The molecular formula is C14H29N. The van der Waals surface area contributed by atoms with E-state index in [9.17, 15) is 0 Å². The Morgan fingerprint density at radius 2 is 1.93 bits per heavy atom. The maximum absolute atomic E-state index is 3.87. The van der Waals surface area contributed by atoms with Gasteiger partial charge in [0.25, 0.3) is 0 Å². The molecule has 1 saturated carbocycles. The number of hydrogen-bond donors (Lipinski definition) is 1. The Morgan fingerprint density at radius 1 is 1.20 bits per heavy atom. The molecule has 1 rings (SSSR count). The minimum atomic E-state index is 0.727. The van der Waals surface area contributed by atoms with Crippen molar-refractivity contribution in [3.8, 4) is 0 Å². The van der Waals surface area contributed by atoms with Gasteiger partial charge < -0.3 is 5.32 Å². The molecule has 15 heavy (non-hydrogen) atoms. The summed E-state index contributed by atoms with van der Waals surface area (Å²) in [6, 6.07) is 1.53. The van der Waals surface area contributed by atoms with Gasteiger partial charge in [-0.15, -0.1) is 0 Å². The molecule has 1 fully saturated rings. The molecule has 0 aromatic carbocycles. The van der Waals surface area contributed by atoms with Crippen LogP contribution in [0.1, 0.15) is 66.2 Å². The third kappa shape index (κ3) is 4.14. The summed E-state index contributed by atoms with van der Waals surface area (Å²) in [6.07, 6.45) is 8.36. The molecule has 0 spiro atoms. The molecule has 0 saturated heterocycles. The monoisotopic (exact) mass is 211 g/mol. The van der Waals surface area contributed by atoms with Crippen LogP contribution in [0.25, 0.3) is 0 Å². The smallest absolute Gasteiger partial charge is 0.00900 e. The van der Waals surface area contributed by atoms with E-state index in [1.807, 2.05) is 0 Å². The molecular weight excluding hydrogens is 182 g/mol. The van der Waals surface area contributed by atoms with E-state index < -0.39 is 0 Å². The summed E-state index contributed by atoms with van der Waals surface area (Å²) in [5.41, 5.74) is 0. The van der Waals surface area contributed by atoms with Crippen LogP contribution in [-0.4, -0.2) is 12.1 Å². The highest BCUT2D eigenvalue weighted by Gasteiger charge is 2.23. The van der Waals surface area contributed by atoms with Gasteiger partial charge >= 0.3 is 0 Å². The second kappa shape index (κ2) is 6.52. The van der Waals surface area contributed by atoms with E-state index >= 15 is 0 Å². The molecule has 3 unspecified atom stereocenters. The van der Waals surface area contributed by atoms with Gasteiger partial charge in [-0.05, 0) is 31.1 Å². The van der Waals surface area contributed by atoms with E-state index in [-0.39, 0.29) is 0 Å². The summed E-state index contributed by atoms with van der Waals surface area (Å²) in [5.74, 6) is 1.76. The van der Waals surface area contributed by atoms with Crippen LogP contribution in [0.3, 0.4) is 0 Å². The maximum Gasteiger partial charge on any atom is 0.00900 e. The first-order chi connectivity index (χ1) is 7.17. The van der Waals surface area contributed by atoms with Crippen LogP contribution in [0.4, 0.5) is 0 Å². The summed E-state index contributed by atoms with van der Waals surface area (Å²) in [4.78, 5) is 0. The van der Waals surface area contributed by atoms with Crippen LogP contribution in [0, 0.1) is 11.8 Å². The minimum Gasteiger partial charge on any atom is -0.311 e. The second-order valence-electron chi connectivity index (χ2n) is 5.56. The standard InChI is InChI=1S/C14H29N/c1-5-12-8-7-9-13(10-12)15-14(6-2)11(3)4/h11-15H,5-10H2,1-4H3. The summed E-state index contributed by atoms with van der Waals surface area (Å²) in [6.45, 7) is 9.31. The molecule has 1 aliphatic carbocycles. The van der Waals surface area contributed by atoms with Crippen molar-refractivity contribution in [3.63, 3.8) is 0 Å². The van der Waals surface area contributed by atoms with Crippen LogP contribution >= 0.6 is 0 Å². The van der Waals surface area contributed by atoms with E-state index in [2.05, 4.69) is 33.0 Å². The van der Waals surface area contributed by atoms with Crippen molar-refractivity contribution >= 4 is 0 Å². The summed E-state index contributed by atoms with van der Waals surface area (Å²) < 4.78 is 0. The van der Waals surface area contributed by atoms with Crippen molar-refractivity contribution in [2.45, 2.75) is 78.3 Å². The first-order valence-electron chi connectivity index (χ1n) is 6.93. The summed E-state index contributed by atoms with van der Waals surface area (Å²) >= 11 is 0. The van der Waals surface area contributed by atoms with Crippen LogP contribution in [-0.2, 0) is 0 Å². The fraction of sp³-hybridized carbons (Fsp3) is 1.00. The number of rotatable bonds is 5. The second-order valence-corrected chi connectivity index (χ2v) is 5.56. The molecule has 0 aromatic heterocycles. The molecule has 1 heteroatoms. The highest BCUT2D eigenvalue weighted by atomic mass is 15.0. The molecule has 0 radical (unpaired) electrons. The van der Waals surface area contributed by atoms with Gasteiger partial charge in [0.05, 0.1) is 0 Å². The van der Waals surface area contributed by atoms with Crippen molar-refractivity contribution in [1.82, 2.24) is 5.32 Å². The zero-order chi connectivity index (χ0) is 11.3. The van der Waals surface area contributed by atoms with Gasteiger partial charge in [0, 0.05) is 12.1 Å². The molecule has 90 valence electrons. The van der Waals surface area contributed by atoms with Crippen molar-refractivity contribution in [2.24, 2.45) is 11.8 Å². The molecule has 3 atom stereocenters. The van der Waals surface area contributed by atoms with E-state index in [0.717, 1.165) is 23.9 Å². The zero-order valence-corrected chi connectivity index (χ0v) is 11.1. The lowest BCUT2D eigenvalue weighted by Crippen LogP contribution is -2.43. The van der Waals surface area contributed by atoms with Gasteiger partial charge in [0.2, 0.25) is 0 Å². The molecule has 0 aromatic rings. The van der Waals surface area contributed by atoms with Crippen molar-refractivity contribution < 1.29 is 0 Å². The number of hydrogen-bond acceptors (Lipinski definition) is 1. The zero-order valence-electron chi connectivity index (χ0n) is 11.1. The minimum absolute atomic E-state index is 0.727. The van der Waals surface area contributed by atoms with E-state index in [4.69, 9.17) is 0 Å². The fourth-order valence-electron chi connectivity index (χ4n) is 2.90. The molecule has 0 bridgehead atoms. The van der Waals surface area contributed by atoms with E-state index in [0.29, 0.717) is 0 Å². The Bertz CT molecular complexity index is 165. The van der Waals surface area contributed by atoms with E-state index in [1.165, 1.54) is 38.5 Å². The highest BCUT2D eigenvalue weighted by molar-refractivity contribution is 4.81. The van der Waals surface area contributed by atoms with Crippen molar-refractivity contribution in [1.29, 1.82) is 0 Å². The van der Waals surface area contributed by atoms with Gasteiger partial charge in [-0.1, -0.05) is 47.0 Å². The SMILES string of the molecule is CCC1CCCC(NC(CC)C(C)C)C1. The van der Waals surface area contributed by atoms with Crippen LogP contribution < -0.4 is 5.32 Å². The predicted molar refractivity (Wildman–Crippen MR) is 68.1 cm³/mol. The molecule has 1 N–H and O–H groups in total. The Balaban J connectivity index is 2.36. The molecule has 0 heterocycles. The first kappa shape index (κ1) is 13.0. The molecule has 0 amide bonds. The lowest BCUT2D eigenvalue weighted by molar-refractivity contribution is 0.240. The number of nitrogens with one attached hydrogen (secondary N) is 1. The first-order valence-corrected chi connectivity index (χ1v) is 6.93. The molecule has 0 aliphatic heterocycles. The van der Waals surface area contributed by atoms with Crippen molar-refractivity contribution in [3.05, 3.63) is 0 Å². The van der Waals surface area contributed by atoms with Crippen LogP contribution in [0.15, 0.2) is 0 Å². The quantitative estimate of drug-likeness (QED) is 0.725. The normalized spacial score (nSPS) is 29.4. The van der Waals surface area contributed by atoms with Crippen LogP contribution in [0.5, 0.6) is 0 Å². The maximum atomic E-state index is 3.87.